The van der Waals surface area contributed by atoms with Crippen LogP contribution >= 0.6 is 15.9 Å². The van der Waals surface area contributed by atoms with Gasteiger partial charge in [-0.25, -0.2) is 0 Å². The Morgan fingerprint density at radius 2 is 2.11 bits per heavy atom. The lowest BCUT2D eigenvalue weighted by Crippen LogP contribution is -2.35. The summed E-state index contributed by atoms with van der Waals surface area (Å²) < 4.78 is 1.22. The van der Waals surface area contributed by atoms with Crippen LogP contribution in [0.3, 0.4) is 0 Å². The maximum atomic E-state index is 3.74. The Morgan fingerprint density at radius 3 is 2.78 bits per heavy atom. The van der Waals surface area contributed by atoms with Crippen LogP contribution < -0.4 is 5.32 Å². The number of hydrogen-bond donors (Lipinski definition) is 1. The second-order valence-corrected chi connectivity index (χ2v) is 6.95. The molecule has 0 radical (unpaired) electrons. The number of benzene rings is 1. The summed E-state index contributed by atoms with van der Waals surface area (Å²) in [5.74, 6) is 2.98. The van der Waals surface area contributed by atoms with E-state index < -0.39 is 0 Å². The summed E-state index contributed by atoms with van der Waals surface area (Å²) >= 11 is 3.62. The third kappa shape index (κ3) is 2.50. The lowest BCUT2D eigenvalue weighted by Gasteiger charge is -2.28. The van der Waals surface area contributed by atoms with Crippen molar-refractivity contribution in [1.82, 2.24) is 5.32 Å². The van der Waals surface area contributed by atoms with Crippen LogP contribution in [0.1, 0.15) is 38.2 Å². The van der Waals surface area contributed by atoms with E-state index in [1.54, 1.807) is 0 Å². The smallest absolute Gasteiger partial charge is 0.0220 e. The van der Waals surface area contributed by atoms with Crippen molar-refractivity contribution in [2.45, 2.75) is 45.2 Å². The van der Waals surface area contributed by atoms with Gasteiger partial charge in [-0.3, -0.25) is 0 Å². The summed E-state index contributed by atoms with van der Waals surface area (Å²) in [6, 6.07) is 9.17. The molecule has 4 atom stereocenters. The molecule has 2 bridgehead atoms. The molecular formula is C16H22BrN. The molecule has 0 amide bonds. The monoisotopic (exact) mass is 307 g/mol. The van der Waals surface area contributed by atoms with E-state index in [0.29, 0.717) is 6.04 Å². The van der Waals surface area contributed by atoms with Gasteiger partial charge in [0.2, 0.25) is 0 Å². The third-order valence-corrected chi connectivity index (χ3v) is 5.78. The average Bonchev–Trinajstić information content (AvgIpc) is 2.99. The molecule has 1 aromatic rings. The Balaban J connectivity index is 1.56. The minimum absolute atomic E-state index is 0.660. The summed E-state index contributed by atoms with van der Waals surface area (Å²) in [4.78, 5) is 0. The molecule has 1 N–H and O–H groups in total. The summed E-state index contributed by atoms with van der Waals surface area (Å²) in [6.07, 6.45) is 5.95. The molecule has 3 rings (SSSR count). The largest absolute Gasteiger partial charge is 0.310 e. The summed E-state index contributed by atoms with van der Waals surface area (Å²) in [5.41, 5.74) is 1.37. The van der Waals surface area contributed by atoms with E-state index >= 15 is 0 Å². The highest BCUT2D eigenvalue weighted by molar-refractivity contribution is 9.10. The Labute approximate surface area is 118 Å². The van der Waals surface area contributed by atoms with Gasteiger partial charge >= 0.3 is 0 Å². The maximum Gasteiger partial charge on any atom is 0.0220 e. The first-order valence-corrected chi connectivity index (χ1v) is 8.00. The molecule has 0 saturated heterocycles. The van der Waals surface area contributed by atoms with Crippen LogP contribution in [-0.2, 0) is 6.54 Å². The molecule has 2 fully saturated rings. The lowest BCUT2D eigenvalue weighted by atomic mass is 9.84. The molecule has 2 aliphatic rings. The Hall–Kier alpha value is -0.340. The van der Waals surface area contributed by atoms with Gasteiger partial charge in [-0.1, -0.05) is 40.5 Å². The van der Waals surface area contributed by atoms with Gasteiger partial charge in [0, 0.05) is 17.1 Å². The number of halogens is 1. The van der Waals surface area contributed by atoms with Crippen molar-refractivity contribution in [3.05, 3.63) is 34.3 Å². The van der Waals surface area contributed by atoms with Crippen LogP contribution in [0.2, 0.25) is 0 Å². The predicted octanol–water partition coefficient (Wildman–Crippen LogP) is 4.36. The molecule has 0 unspecified atom stereocenters. The van der Waals surface area contributed by atoms with Gasteiger partial charge in [0.05, 0.1) is 0 Å². The van der Waals surface area contributed by atoms with E-state index in [2.05, 4.69) is 52.4 Å². The van der Waals surface area contributed by atoms with Crippen LogP contribution in [0.15, 0.2) is 28.7 Å². The lowest BCUT2D eigenvalue weighted by molar-refractivity contribution is 0.259. The van der Waals surface area contributed by atoms with Crippen molar-refractivity contribution in [2.24, 2.45) is 17.8 Å². The first-order chi connectivity index (χ1) is 8.74. The first kappa shape index (κ1) is 12.7. The van der Waals surface area contributed by atoms with Gasteiger partial charge in [0.1, 0.15) is 0 Å². The molecule has 18 heavy (non-hydrogen) atoms. The van der Waals surface area contributed by atoms with Crippen molar-refractivity contribution in [3.8, 4) is 0 Å². The number of nitrogens with one attached hydrogen (secondary N) is 1. The molecule has 1 aromatic carbocycles. The van der Waals surface area contributed by atoms with Gasteiger partial charge in [0.15, 0.2) is 0 Å². The van der Waals surface area contributed by atoms with E-state index in [4.69, 9.17) is 0 Å². The van der Waals surface area contributed by atoms with E-state index in [0.717, 1.165) is 24.3 Å². The van der Waals surface area contributed by atoms with Gasteiger partial charge in [-0.2, -0.15) is 0 Å². The van der Waals surface area contributed by atoms with Gasteiger partial charge in [0.25, 0.3) is 0 Å². The first-order valence-electron chi connectivity index (χ1n) is 7.21. The highest BCUT2D eigenvalue weighted by atomic mass is 79.9. The fraction of sp³-hybridized carbons (Fsp3) is 0.625. The zero-order valence-corrected chi connectivity index (χ0v) is 12.6. The van der Waals surface area contributed by atoms with E-state index in [-0.39, 0.29) is 0 Å². The SMILES string of the molecule is C[C@H](NCc1ccccc1Br)[C@@H]1C[C@@H]2CC[C@@H]1C2. The summed E-state index contributed by atoms with van der Waals surface area (Å²) in [6.45, 7) is 3.36. The predicted molar refractivity (Wildman–Crippen MR) is 79.4 cm³/mol. The van der Waals surface area contributed by atoms with Crippen molar-refractivity contribution in [1.29, 1.82) is 0 Å². The number of hydrogen-bond acceptors (Lipinski definition) is 1. The maximum absolute atomic E-state index is 3.74. The van der Waals surface area contributed by atoms with Crippen LogP contribution in [0, 0.1) is 17.8 Å². The molecule has 0 heterocycles. The molecule has 98 valence electrons. The topological polar surface area (TPSA) is 12.0 Å². The minimum atomic E-state index is 0.660. The van der Waals surface area contributed by atoms with E-state index in [1.807, 2.05) is 0 Å². The van der Waals surface area contributed by atoms with Crippen molar-refractivity contribution in [3.63, 3.8) is 0 Å². The number of rotatable bonds is 4. The van der Waals surface area contributed by atoms with Crippen molar-refractivity contribution >= 4 is 15.9 Å². The summed E-state index contributed by atoms with van der Waals surface area (Å²) in [5, 5.41) is 3.74. The van der Waals surface area contributed by atoms with Gasteiger partial charge in [-0.05, 0) is 55.6 Å². The quantitative estimate of drug-likeness (QED) is 0.871. The van der Waals surface area contributed by atoms with Crippen LogP contribution in [0.5, 0.6) is 0 Å². The van der Waals surface area contributed by atoms with Crippen LogP contribution in [0.4, 0.5) is 0 Å². The molecular weight excluding hydrogens is 286 g/mol. The van der Waals surface area contributed by atoms with Crippen LogP contribution in [0.25, 0.3) is 0 Å². The molecule has 2 saturated carbocycles. The zero-order valence-electron chi connectivity index (χ0n) is 11.0. The van der Waals surface area contributed by atoms with Crippen molar-refractivity contribution in [2.75, 3.05) is 0 Å². The molecule has 0 spiro atoms. The second kappa shape index (κ2) is 5.34. The number of fused-ring (bicyclic) bond motifs is 2. The summed E-state index contributed by atoms with van der Waals surface area (Å²) in [7, 11) is 0. The molecule has 0 aliphatic heterocycles. The molecule has 0 aromatic heterocycles. The normalized spacial score (nSPS) is 31.8. The van der Waals surface area contributed by atoms with Gasteiger partial charge in [-0.15, -0.1) is 0 Å². The van der Waals surface area contributed by atoms with E-state index in [1.165, 1.54) is 35.7 Å². The Kier molecular flexibility index (Phi) is 3.76. The zero-order chi connectivity index (χ0) is 12.5. The molecule has 2 aliphatic carbocycles. The van der Waals surface area contributed by atoms with E-state index in [9.17, 15) is 0 Å². The third-order valence-electron chi connectivity index (χ3n) is 5.01. The average molecular weight is 308 g/mol. The van der Waals surface area contributed by atoms with Crippen molar-refractivity contribution < 1.29 is 0 Å². The Morgan fingerprint density at radius 1 is 1.28 bits per heavy atom. The van der Waals surface area contributed by atoms with Crippen LogP contribution in [-0.4, -0.2) is 6.04 Å². The fourth-order valence-corrected chi connectivity index (χ4v) is 4.40. The van der Waals surface area contributed by atoms with Gasteiger partial charge < -0.3 is 5.32 Å². The standard InChI is InChI=1S/C16H22BrN/c1-11(15-9-12-6-7-13(15)8-12)18-10-14-4-2-3-5-16(14)17/h2-5,11-13,15,18H,6-10H2,1H3/t11-,12+,13+,15-/m0/s1. The highest BCUT2D eigenvalue weighted by Gasteiger charge is 2.41. The fourth-order valence-electron chi connectivity index (χ4n) is 3.97. The molecule has 1 nitrogen and oxygen atoms in total. The second-order valence-electron chi connectivity index (χ2n) is 6.10. The minimum Gasteiger partial charge on any atom is -0.310 e. The Bertz CT molecular complexity index is 417. The molecule has 2 heteroatoms. The highest BCUT2D eigenvalue weighted by Crippen LogP contribution is 2.49.